The SMILES string of the molecule is C[Si]1(C)c2ccc[c-]21.[Cl-].[Cl-].[Zr+4].c1ccc2c(c1)[cH-]c1ccccc12. The van der Waals surface area contributed by atoms with Crippen LogP contribution in [0.5, 0.6) is 0 Å². The van der Waals surface area contributed by atoms with Crippen molar-refractivity contribution in [3.05, 3.63) is 72.8 Å². The zero-order chi connectivity index (χ0) is 14.4. The van der Waals surface area contributed by atoms with Crippen molar-refractivity contribution in [1.29, 1.82) is 0 Å². The van der Waals surface area contributed by atoms with E-state index in [1.54, 1.807) is 10.4 Å². The van der Waals surface area contributed by atoms with Gasteiger partial charge in [-0.15, -0.1) is 39.7 Å². The molecule has 0 unspecified atom stereocenters. The maximum Gasteiger partial charge on any atom is 4.00 e. The van der Waals surface area contributed by atoms with Crippen molar-refractivity contribution in [2.24, 2.45) is 0 Å². The van der Waals surface area contributed by atoms with Gasteiger partial charge in [0.25, 0.3) is 0 Å². The summed E-state index contributed by atoms with van der Waals surface area (Å²) >= 11 is 0. The van der Waals surface area contributed by atoms with Crippen LogP contribution in [0.4, 0.5) is 0 Å². The van der Waals surface area contributed by atoms with E-state index >= 15 is 0 Å². The van der Waals surface area contributed by atoms with Gasteiger partial charge in [-0.05, 0) is 0 Å². The van der Waals surface area contributed by atoms with E-state index in [2.05, 4.69) is 85.9 Å². The molecule has 24 heavy (non-hydrogen) atoms. The van der Waals surface area contributed by atoms with Crippen molar-refractivity contribution in [3.63, 3.8) is 0 Å². The normalized spacial score (nSPS) is 12.8. The number of hydrogen-bond donors (Lipinski definition) is 0. The minimum Gasteiger partial charge on any atom is -1.00 e. The van der Waals surface area contributed by atoms with Crippen LogP contribution < -0.4 is 35.2 Å². The van der Waals surface area contributed by atoms with Crippen molar-refractivity contribution in [2.75, 3.05) is 0 Å². The summed E-state index contributed by atoms with van der Waals surface area (Å²) in [4.78, 5) is 0. The van der Waals surface area contributed by atoms with Crippen LogP contribution in [-0.4, -0.2) is 8.07 Å². The quantitative estimate of drug-likeness (QED) is 0.221. The molecule has 1 heterocycles. The summed E-state index contributed by atoms with van der Waals surface area (Å²) in [5.41, 5.74) is 0. The molecular formula is C20H18Cl2SiZr. The van der Waals surface area contributed by atoms with Crippen molar-refractivity contribution in [2.45, 2.75) is 13.1 Å². The molecule has 0 saturated carbocycles. The molecule has 0 radical (unpaired) electrons. The van der Waals surface area contributed by atoms with Gasteiger partial charge in [0.05, 0.1) is 0 Å². The van der Waals surface area contributed by atoms with E-state index in [1.807, 2.05) is 0 Å². The van der Waals surface area contributed by atoms with E-state index in [9.17, 15) is 0 Å². The average molecular weight is 449 g/mol. The summed E-state index contributed by atoms with van der Waals surface area (Å²) in [6.45, 7) is 4.80. The van der Waals surface area contributed by atoms with Gasteiger partial charge in [-0.3, -0.25) is 0 Å². The maximum atomic E-state index is 2.40. The zero-order valence-electron chi connectivity index (χ0n) is 13.7. The van der Waals surface area contributed by atoms with E-state index in [0.29, 0.717) is 0 Å². The van der Waals surface area contributed by atoms with E-state index in [4.69, 9.17) is 0 Å². The predicted octanol–water partition coefficient (Wildman–Crippen LogP) is -1.74. The zero-order valence-corrected chi connectivity index (χ0v) is 18.7. The Morgan fingerprint density at radius 3 is 1.62 bits per heavy atom. The molecule has 4 aromatic rings. The van der Waals surface area contributed by atoms with Gasteiger partial charge < -0.3 is 24.8 Å². The van der Waals surface area contributed by atoms with Crippen LogP contribution >= 0.6 is 0 Å². The third-order valence-electron chi connectivity index (χ3n) is 4.62. The third-order valence-corrected chi connectivity index (χ3v) is 7.94. The van der Waals surface area contributed by atoms with Crippen LogP contribution in [0.25, 0.3) is 21.5 Å². The summed E-state index contributed by atoms with van der Waals surface area (Å²) in [5.74, 6) is 0. The molecule has 0 nitrogen and oxygen atoms in total. The molecule has 1 aliphatic heterocycles. The molecule has 0 atom stereocenters. The van der Waals surface area contributed by atoms with E-state index in [0.717, 1.165) is 0 Å². The number of benzene rings is 2. The second kappa shape index (κ2) is 8.15. The molecular weight excluding hydrogens is 430 g/mol. The molecule has 5 rings (SSSR count). The predicted molar refractivity (Wildman–Crippen MR) is 95.8 cm³/mol. The summed E-state index contributed by atoms with van der Waals surface area (Å²) < 4.78 is 0. The molecule has 0 aromatic heterocycles. The van der Waals surface area contributed by atoms with Crippen LogP contribution in [0.1, 0.15) is 0 Å². The summed E-state index contributed by atoms with van der Waals surface area (Å²) in [7, 11) is -0.816. The monoisotopic (exact) mass is 446 g/mol. The van der Waals surface area contributed by atoms with E-state index in [1.165, 1.54) is 21.5 Å². The van der Waals surface area contributed by atoms with Crippen molar-refractivity contribution in [1.82, 2.24) is 0 Å². The summed E-state index contributed by atoms with van der Waals surface area (Å²) in [6, 6.07) is 26.0. The number of fused-ring (bicyclic) bond motifs is 4. The molecule has 4 heteroatoms. The van der Waals surface area contributed by atoms with Gasteiger partial charge in [0.15, 0.2) is 0 Å². The number of hydrogen-bond acceptors (Lipinski definition) is 0. The van der Waals surface area contributed by atoms with Crippen molar-refractivity contribution >= 4 is 40.0 Å². The maximum absolute atomic E-state index is 2.40. The van der Waals surface area contributed by atoms with Crippen LogP contribution in [0.15, 0.2) is 72.8 Å². The van der Waals surface area contributed by atoms with E-state index < -0.39 is 8.07 Å². The second-order valence-electron chi connectivity index (χ2n) is 6.30. The van der Waals surface area contributed by atoms with Gasteiger partial charge in [-0.25, -0.2) is 12.1 Å². The van der Waals surface area contributed by atoms with E-state index in [-0.39, 0.29) is 51.0 Å². The smallest absolute Gasteiger partial charge is 1.00 e. The minimum atomic E-state index is -0.816. The standard InChI is InChI=1S/C13H9.C7H9Si.2ClH.Zr/c1-3-7-12-10(5-1)9-11-6-2-4-8-13(11)12;1-8(2)6-4-3-5-7(6)8;;;/h1-9H;3-5H,1-2H3;2*1H;/q2*-1;;;+4/p-2. The first-order chi connectivity index (χ1) is 10.2. The van der Waals surface area contributed by atoms with Crippen molar-refractivity contribution < 1.29 is 51.0 Å². The van der Waals surface area contributed by atoms with Gasteiger partial charge in [0.2, 0.25) is 0 Å². The first-order valence-corrected chi connectivity index (χ1v) is 10.5. The molecule has 0 saturated heterocycles. The fourth-order valence-electron chi connectivity index (χ4n) is 3.27. The Balaban J connectivity index is 0.000000231. The second-order valence-corrected chi connectivity index (χ2v) is 10.6. The first kappa shape index (κ1) is 21.4. The van der Waals surface area contributed by atoms with Gasteiger partial charge in [-0.2, -0.15) is 16.4 Å². The Morgan fingerprint density at radius 1 is 0.750 bits per heavy atom. The average Bonchev–Trinajstić information content (AvgIpc) is 2.96. The Kier molecular flexibility index (Phi) is 7.26. The molecule has 120 valence electrons. The Hall–Kier alpha value is -0.660. The number of halogens is 2. The minimum absolute atomic E-state index is 0. The van der Waals surface area contributed by atoms with Crippen LogP contribution in [-0.2, 0) is 26.2 Å². The van der Waals surface area contributed by atoms with Gasteiger partial charge in [-0.1, -0.05) is 49.5 Å². The van der Waals surface area contributed by atoms with Crippen LogP contribution in [0, 0.1) is 0 Å². The van der Waals surface area contributed by atoms with Crippen LogP contribution in [0.2, 0.25) is 13.1 Å². The van der Waals surface area contributed by atoms with Gasteiger partial charge in [0.1, 0.15) is 0 Å². The third kappa shape index (κ3) is 3.63. The molecule has 4 aromatic carbocycles. The largest absolute Gasteiger partial charge is 4.00 e. The van der Waals surface area contributed by atoms with Gasteiger partial charge in [0, 0.05) is 8.07 Å². The Labute approximate surface area is 175 Å². The molecule has 0 amide bonds. The summed E-state index contributed by atoms with van der Waals surface area (Å²) in [6.07, 6.45) is 0. The first-order valence-electron chi connectivity index (χ1n) is 7.48. The van der Waals surface area contributed by atoms with Gasteiger partial charge >= 0.3 is 26.2 Å². The fraction of sp³-hybridized carbons (Fsp3) is 0.100. The molecule has 1 aliphatic rings. The molecule has 0 N–H and O–H groups in total. The molecule has 0 aliphatic carbocycles. The van der Waals surface area contributed by atoms with Crippen molar-refractivity contribution in [3.8, 4) is 0 Å². The van der Waals surface area contributed by atoms with Crippen LogP contribution in [0.3, 0.4) is 0 Å². The number of rotatable bonds is 0. The molecule has 0 bridgehead atoms. The fourth-order valence-corrected chi connectivity index (χ4v) is 6.27. The molecule has 0 fully saturated rings. The Bertz CT molecular complexity index is 866. The molecule has 0 spiro atoms. The summed E-state index contributed by atoms with van der Waals surface area (Å²) in [5, 5.41) is 8.75. The topological polar surface area (TPSA) is 0 Å². The Morgan fingerprint density at radius 2 is 1.25 bits per heavy atom.